The van der Waals surface area contributed by atoms with E-state index in [0.29, 0.717) is 24.9 Å². The molecule has 1 aromatic heterocycles. The number of hydrogen-bond acceptors (Lipinski definition) is 6. The molecule has 0 N–H and O–H groups in total. The van der Waals surface area contributed by atoms with Crippen molar-refractivity contribution in [3.8, 4) is 0 Å². The Kier molecular flexibility index (Phi) is 4.78. The summed E-state index contributed by atoms with van der Waals surface area (Å²) in [6, 6.07) is 7.86. The number of fused-ring (bicyclic) bond motifs is 1. The Morgan fingerprint density at radius 2 is 2.09 bits per heavy atom. The number of hydrogen-bond donors (Lipinski definition) is 0. The predicted molar refractivity (Wildman–Crippen MR) is 90.5 cm³/mol. The van der Waals surface area contributed by atoms with Crippen molar-refractivity contribution in [3.63, 3.8) is 0 Å². The molecule has 0 saturated heterocycles. The van der Waals surface area contributed by atoms with Crippen LogP contribution in [-0.4, -0.2) is 56.2 Å². The number of para-hydroxylation sites is 1. The first kappa shape index (κ1) is 15.8. The third kappa shape index (κ3) is 3.62. The van der Waals surface area contributed by atoms with Gasteiger partial charge in [0.2, 0.25) is 5.76 Å². The number of amides is 1. The highest BCUT2D eigenvalue weighted by Crippen LogP contribution is 2.29. The third-order valence-corrected chi connectivity index (χ3v) is 4.45. The van der Waals surface area contributed by atoms with Crippen LogP contribution in [0.3, 0.4) is 0 Å². The second-order valence-electron chi connectivity index (χ2n) is 5.43. The highest BCUT2D eigenvalue weighted by atomic mass is 32.1. The topological polar surface area (TPSA) is 54.9 Å². The van der Waals surface area contributed by atoms with Gasteiger partial charge >= 0.3 is 0 Å². The lowest BCUT2D eigenvalue weighted by Gasteiger charge is -2.24. The summed E-state index contributed by atoms with van der Waals surface area (Å²) in [5, 5.41) is 0.674. The van der Waals surface area contributed by atoms with Gasteiger partial charge in [-0.2, -0.15) is 0 Å². The number of carbonyl (C=O) groups is 1. The molecule has 122 valence electrons. The summed E-state index contributed by atoms with van der Waals surface area (Å²) in [4.78, 5) is 21.1. The molecule has 6 nitrogen and oxygen atoms in total. The van der Waals surface area contributed by atoms with E-state index in [4.69, 9.17) is 9.47 Å². The molecule has 0 bridgehead atoms. The first-order valence-electron chi connectivity index (χ1n) is 7.42. The quantitative estimate of drug-likeness (QED) is 0.838. The van der Waals surface area contributed by atoms with Crippen LogP contribution < -0.4 is 4.90 Å². The van der Waals surface area contributed by atoms with Crippen LogP contribution in [0.5, 0.6) is 0 Å². The number of thiazole rings is 1. The summed E-state index contributed by atoms with van der Waals surface area (Å²) in [5.41, 5.74) is 0.893. The number of aromatic nitrogens is 1. The molecule has 1 aliphatic rings. The fraction of sp³-hybridized carbons (Fsp3) is 0.375. The first-order chi connectivity index (χ1) is 11.1. The van der Waals surface area contributed by atoms with Crippen molar-refractivity contribution >= 4 is 32.6 Å². The fourth-order valence-electron chi connectivity index (χ4n) is 2.17. The predicted octanol–water partition coefficient (Wildman–Crippen LogP) is 2.08. The molecule has 0 saturated carbocycles. The molecule has 0 fully saturated rings. The summed E-state index contributed by atoms with van der Waals surface area (Å²) in [6.07, 6.45) is 1.39. The lowest BCUT2D eigenvalue weighted by atomic mass is 10.3. The van der Waals surface area contributed by atoms with Gasteiger partial charge in [0.1, 0.15) is 19.5 Å². The Morgan fingerprint density at radius 3 is 2.78 bits per heavy atom. The molecule has 1 amide bonds. The molecule has 0 spiro atoms. The van der Waals surface area contributed by atoms with E-state index in [1.165, 1.54) is 17.6 Å². The Labute approximate surface area is 138 Å². The number of carbonyl (C=O) groups excluding carboxylic acids is 1. The second kappa shape index (κ2) is 6.97. The van der Waals surface area contributed by atoms with Crippen LogP contribution in [0.2, 0.25) is 0 Å². The van der Waals surface area contributed by atoms with Gasteiger partial charge in [-0.25, -0.2) is 4.98 Å². The van der Waals surface area contributed by atoms with E-state index in [2.05, 4.69) is 4.98 Å². The number of benzene rings is 1. The Morgan fingerprint density at radius 1 is 1.26 bits per heavy atom. The minimum absolute atomic E-state index is 0.217. The van der Waals surface area contributed by atoms with Gasteiger partial charge in [-0.15, -0.1) is 0 Å². The van der Waals surface area contributed by atoms with Crippen LogP contribution >= 0.6 is 11.3 Å². The summed E-state index contributed by atoms with van der Waals surface area (Å²) in [6.45, 7) is 2.12. The minimum atomic E-state index is -0.217. The van der Waals surface area contributed by atoms with Gasteiger partial charge in [0, 0.05) is 13.1 Å². The number of anilines is 1. The average Bonchev–Trinajstić information content (AvgIpc) is 2.99. The Balaban J connectivity index is 1.90. The second-order valence-corrected chi connectivity index (χ2v) is 6.43. The number of nitrogens with zero attached hydrogens (tertiary/aromatic N) is 3. The summed E-state index contributed by atoms with van der Waals surface area (Å²) in [7, 11) is 3.95. The fourth-order valence-corrected chi connectivity index (χ4v) is 3.16. The van der Waals surface area contributed by atoms with Crippen LogP contribution in [0.25, 0.3) is 10.2 Å². The van der Waals surface area contributed by atoms with E-state index in [-0.39, 0.29) is 11.7 Å². The lowest BCUT2D eigenvalue weighted by molar-refractivity contribution is -0.119. The third-order valence-electron chi connectivity index (χ3n) is 3.39. The van der Waals surface area contributed by atoms with E-state index in [0.717, 1.165) is 16.8 Å². The van der Waals surface area contributed by atoms with Crippen molar-refractivity contribution in [2.24, 2.45) is 0 Å². The standard InChI is InChI=1S/C16H19N3O3S/c1-18(2)7-8-19(15(20)13-11-21-9-10-22-13)16-17-12-5-3-4-6-14(12)23-16/h3-6,11H,7-10H2,1-2H3. The van der Waals surface area contributed by atoms with Crippen LogP contribution in [-0.2, 0) is 14.3 Å². The molecule has 1 aliphatic heterocycles. The zero-order valence-corrected chi connectivity index (χ0v) is 14.0. The molecular formula is C16H19N3O3S. The van der Waals surface area contributed by atoms with Crippen molar-refractivity contribution in [3.05, 3.63) is 36.3 Å². The molecule has 2 aromatic rings. The van der Waals surface area contributed by atoms with Crippen molar-refractivity contribution < 1.29 is 14.3 Å². The van der Waals surface area contributed by atoms with E-state index >= 15 is 0 Å². The van der Waals surface area contributed by atoms with Gasteiger partial charge in [-0.05, 0) is 26.2 Å². The molecule has 2 heterocycles. The van der Waals surface area contributed by atoms with Gasteiger partial charge in [0.15, 0.2) is 5.13 Å². The van der Waals surface area contributed by atoms with E-state index in [1.54, 1.807) is 4.90 Å². The molecule has 1 aromatic carbocycles. The average molecular weight is 333 g/mol. The van der Waals surface area contributed by atoms with Crippen molar-refractivity contribution in [1.29, 1.82) is 0 Å². The maximum absolute atomic E-state index is 12.8. The maximum atomic E-state index is 12.8. The maximum Gasteiger partial charge on any atom is 0.298 e. The van der Waals surface area contributed by atoms with Crippen LogP contribution in [0.4, 0.5) is 5.13 Å². The lowest BCUT2D eigenvalue weighted by Crippen LogP contribution is -2.38. The Bertz CT molecular complexity index is 693. The van der Waals surface area contributed by atoms with E-state index in [1.807, 2.05) is 43.3 Å². The molecule has 0 aliphatic carbocycles. The molecule has 0 atom stereocenters. The number of rotatable bonds is 5. The van der Waals surface area contributed by atoms with Crippen molar-refractivity contribution in [2.75, 3.05) is 45.3 Å². The van der Waals surface area contributed by atoms with E-state index in [9.17, 15) is 4.79 Å². The highest BCUT2D eigenvalue weighted by molar-refractivity contribution is 7.22. The Hall–Kier alpha value is -2.12. The smallest absolute Gasteiger partial charge is 0.298 e. The van der Waals surface area contributed by atoms with Crippen molar-refractivity contribution in [1.82, 2.24) is 9.88 Å². The van der Waals surface area contributed by atoms with Crippen LogP contribution in [0.15, 0.2) is 36.3 Å². The van der Waals surface area contributed by atoms with Crippen LogP contribution in [0, 0.1) is 0 Å². The normalized spacial score (nSPS) is 14.3. The van der Waals surface area contributed by atoms with Gasteiger partial charge in [0.25, 0.3) is 5.91 Å². The van der Waals surface area contributed by atoms with Crippen LogP contribution in [0.1, 0.15) is 0 Å². The summed E-state index contributed by atoms with van der Waals surface area (Å²) in [5.74, 6) is 0.0138. The van der Waals surface area contributed by atoms with Crippen molar-refractivity contribution in [2.45, 2.75) is 0 Å². The molecule has 0 radical (unpaired) electrons. The largest absolute Gasteiger partial charge is 0.494 e. The molecule has 23 heavy (non-hydrogen) atoms. The van der Waals surface area contributed by atoms with Gasteiger partial charge in [-0.3, -0.25) is 9.69 Å². The minimum Gasteiger partial charge on any atom is -0.494 e. The SMILES string of the molecule is CN(C)CCN(C(=O)C1=COCCO1)c1nc2ccccc2s1. The monoisotopic (exact) mass is 333 g/mol. The number of ether oxygens (including phenoxy) is 2. The van der Waals surface area contributed by atoms with Gasteiger partial charge < -0.3 is 14.4 Å². The molecule has 7 heteroatoms. The first-order valence-corrected chi connectivity index (χ1v) is 8.23. The molecular weight excluding hydrogens is 314 g/mol. The zero-order valence-electron chi connectivity index (χ0n) is 13.2. The summed E-state index contributed by atoms with van der Waals surface area (Å²) >= 11 is 1.50. The highest BCUT2D eigenvalue weighted by Gasteiger charge is 2.26. The van der Waals surface area contributed by atoms with E-state index < -0.39 is 0 Å². The molecule has 0 unspecified atom stereocenters. The molecule has 3 rings (SSSR count). The number of likely N-dealkylation sites (N-methyl/N-ethyl adjacent to an activating group) is 1. The summed E-state index contributed by atoms with van der Waals surface area (Å²) < 4.78 is 11.7. The van der Waals surface area contributed by atoms with Gasteiger partial charge in [-0.1, -0.05) is 23.5 Å². The van der Waals surface area contributed by atoms with Gasteiger partial charge in [0.05, 0.1) is 10.2 Å². The zero-order chi connectivity index (χ0) is 16.2.